The molecule has 0 unspecified atom stereocenters. The number of nitrogens with one attached hydrogen (secondary N) is 1. The maximum atomic E-state index is 12.2. The van der Waals surface area contributed by atoms with Gasteiger partial charge in [0.1, 0.15) is 12.4 Å². The van der Waals surface area contributed by atoms with Gasteiger partial charge in [0.25, 0.3) is 0 Å². The third-order valence-corrected chi connectivity index (χ3v) is 4.28. The summed E-state index contributed by atoms with van der Waals surface area (Å²) >= 11 is 0. The molecular formula is C19H28N2O2. The number of hydrogen-bond donors (Lipinski definition) is 1. The van der Waals surface area contributed by atoms with Crippen LogP contribution in [0.4, 0.5) is 5.69 Å². The smallest absolute Gasteiger partial charge is 0.225 e. The summed E-state index contributed by atoms with van der Waals surface area (Å²) in [6.07, 6.45) is 7.01. The Balaban J connectivity index is 1.86. The van der Waals surface area contributed by atoms with Crippen LogP contribution in [0, 0.1) is 5.92 Å². The number of likely N-dealkylation sites (N-methyl/N-ethyl adjacent to an activating group) is 1. The average molecular weight is 316 g/mol. The van der Waals surface area contributed by atoms with Crippen molar-refractivity contribution >= 4 is 11.6 Å². The van der Waals surface area contributed by atoms with Crippen molar-refractivity contribution in [2.45, 2.75) is 33.1 Å². The van der Waals surface area contributed by atoms with E-state index < -0.39 is 0 Å². The maximum Gasteiger partial charge on any atom is 0.225 e. The Labute approximate surface area is 139 Å². The highest BCUT2D eigenvalue weighted by atomic mass is 16.5. The monoisotopic (exact) mass is 316 g/mol. The van der Waals surface area contributed by atoms with Gasteiger partial charge in [-0.15, -0.1) is 0 Å². The van der Waals surface area contributed by atoms with E-state index in [4.69, 9.17) is 4.74 Å². The van der Waals surface area contributed by atoms with E-state index in [-0.39, 0.29) is 5.91 Å². The minimum Gasteiger partial charge on any atom is -0.490 e. The van der Waals surface area contributed by atoms with Gasteiger partial charge >= 0.3 is 0 Å². The van der Waals surface area contributed by atoms with E-state index >= 15 is 0 Å². The molecule has 1 N–H and O–H groups in total. The lowest BCUT2D eigenvalue weighted by Gasteiger charge is -2.19. The van der Waals surface area contributed by atoms with Crippen molar-refractivity contribution in [3.63, 3.8) is 0 Å². The van der Waals surface area contributed by atoms with E-state index in [0.717, 1.165) is 43.9 Å². The van der Waals surface area contributed by atoms with E-state index in [0.29, 0.717) is 18.9 Å². The predicted octanol–water partition coefficient (Wildman–Crippen LogP) is 3.70. The van der Waals surface area contributed by atoms with E-state index in [2.05, 4.69) is 36.2 Å². The zero-order chi connectivity index (χ0) is 16.5. The fourth-order valence-electron chi connectivity index (χ4n) is 2.82. The molecule has 0 aliphatic heterocycles. The number of amides is 1. The van der Waals surface area contributed by atoms with E-state index in [9.17, 15) is 4.79 Å². The highest BCUT2D eigenvalue weighted by molar-refractivity contribution is 5.92. The molecule has 0 fully saturated rings. The number of anilines is 1. The minimum atomic E-state index is 0.0568. The van der Waals surface area contributed by atoms with Gasteiger partial charge in [0, 0.05) is 13.0 Å². The summed E-state index contributed by atoms with van der Waals surface area (Å²) in [5, 5.41) is 2.99. The molecule has 0 bridgehead atoms. The third kappa shape index (κ3) is 5.71. The molecule has 0 saturated carbocycles. The topological polar surface area (TPSA) is 41.6 Å². The maximum absolute atomic E-state index is 12.2. The number of ether oxygens (including phenoxy) is 1. The Morgan fingerprint density at radius 1 is 1.30 bits per heavy atom. The second kappa shape index (κ2) is 9.36. The molecular weight excluding hydrogens is 288 g/mol. The summed E-state index contributed by atoms with van der Waals surface area (Å²) in [5.74, 6) is 1.18. The van der Waals surface area contributed by atoms with Crippen LogP contribution in [-0.4, -0.2) is 37.0 Å². The highest BCUT2D eigenvalue weighted by Crippen LogP contribution is 2.25. The molecule has 126 valence electrons. The number of hydrogen-bond acceptors (Lipinski definition) is 3. The van der Waals surface area contributed by atoms with Crippen LogP contribution in [0.1, 0.15) is 33.1 Å². The van der Waals surface area contributed by atoms with E-state index in [1.165, 1.54) is 0 Å². The zero-order valence-electron chi connectivity index (χ0n) is 14.3. The van der Waals surface area contributed by atoms with Crippen molar-refractivity contribution in [2.75, 3.05) is 31.6 Å². The number of carbonyl (C=O) groups is 1. The van der Waals surface area contributed by atoms with Crippen LogP contribution in [0.5, 0.6) is 5.75 Å². The van der Waals surface area contributed by atoms with Crippen LogP contribution in [-0.2, 0) is 4.79 Å². The molecule has 1 aliphatic carbocycles. The molecule has 2 rings (SSSR count). The molecule has 0 saturated heterocycles. The van der Waals surface area contributed by atoms with Crippen molar-refractivity contribution < 1.29 is 9.53 Å². The van der Waals surface area contributed by atoms with Crippen LogP contribution < -0.4 is 10.1 Å². The van der Waals surface area contributed by atoms with Gasteiger partial charge in [0.2, 0.25) is 5.91 Å². The number of nitrogens with zero attached hydrogens (tertiary/aromatic N) is 1. The van der Waals surface area contributed by atoms with Crippen molar-refractivity contribution in [1.29, 1.82) is 0 Å². The van der Waals surface area contributed by atoms with E-state index in [1.807, 2.05) is 24.3 Å². The summed E-state index contributed by atoms with van der Waals surface area (Å²) in [6.45, 7) is 7.85. The zero-order valence-corrected chi connectivity index (χ0v) is 14.3. The molecule has 0 aromatic heterocycles. The summed E-state index contributed by atoms with van der Waals surface area (Å²) in [4.78, 5) is 14.5. The SMILES string of the molecule is CCN(CC)CCOc1ccccc1NC(=O)C[C@@H]1C=CCC1. The third-order valence-electron chi connectivity index (χ3n) is 4.28. The van der Waals surface area contributed by atoms with Gasteiger partial charge in [-0.25, -0.2) is 0 Å². The van der Waals surface area contributed by atoms with E-state index in [1.54, 1.807) is 0 Å². The van der Waals surface area contributed by atoms with Gasteiger partial charge < -0.3 is 15.0 Å². The fourth-order valence-corrected chi connectivity index (χ4v) is 2.82. The van der Waals surface area contributed by atoms with Crippen molar-refractivity contribution in [2.24, 2.45) is 5.92 Å². The number of allylic oxidation sites excluding steroid dienone is 2. The van der Waals surface area contributed by atoms with Crippen LogP contribution in [0.15, 0.2) is 36.4 Å². The Kier molecular flexibility index (Phi) is 7.14. The average Bonchev–Trinajstić information content (AvgIpc) is 3.06. The minimum absolute atomic E-state index is 0.0568. The van der Waals surface area contributed by atoms with Crippen molar-refractivity contribution in [1.82, 2.24) is 4.90 Å². The molecule has 1 amide bonds. The molecule has 1 atom stereocenters. The highest BCUT2D eigenvalue weighted by Gasteiger charge is 2.15. The van der Waals surface area contributed by atoms with Gasteiger partial charge in [-0.1, -0.05) is 38.1 Å². The molecule has 0 heterocycles. The second-order valence-corrected chi connectivity index (χ2v) is 5.89. The van der Waals surface area contributed by atoms with Crippen LogP contribution in [0.2, 0.25) is 0 Å². The van der Waals surface area contributed by atoms with Crippen molar-refractivity contribution in [3.05, 3.63) is 36.4 Å². The first-order valence-electron chi connectivity index (χ1n) is 8.63. The number of benzene rings is 1. The molecule has 1 aromatic rings. The first-order valence-corrected chi connectivity index (χ1v) is 8.63. The number of rotatable bonds is 9. The first kappa shape index (κ1) is 17.5. The van der Waals surface area contributed by atoms with Crippen LogP contribution >= 0.6 is 0 Å². The molecule has 1 aromatic carbocycles. The van der Waals surface area contributed by atoms with Crippen LogP contribution in [0.3, 0.4) is 0 Å². The van der Waals surface area contributed by atoms with Crippen molar-refractivity contribution in [3.8, 4) is 5.75 Å². The van der Waals surface area contributed by atoms with Gasteiger partial charge in [-0.3, -0.25) is 4.79 Å². The largest absolute Gasteiger partial charge is 0.490 e. The lowest BCUT2D eigenvalue weighted by atomic mass is 10.1. The lowest BCUT2D eigenvalue weighted by Crippen LogP contribution is -2.28. The summed E-state index contributed by atoms with van der Waals surface area (Å²) in [6, 6.07) is 7.66. The van der Waals surface area contributed by atoms with Gasteiger partial charge in [0.15, 0.2) is 0 Å². The molecule has 4 heteroatoms. The summed E-state index contributed by atoms with van der Waals surface area (Å²) in [5.41, 5.74) is 0.763. The Hall–Kier alpha value is -1.81. The predicted molar refractivity (Wildman–Crippen MR) is 94.8 cm³/mol. The fraction of sp³-hybridized carbons (Fsp3) is 0.526. The summed E-state index contributed by atoms with van der Waals surface area (Å²) in [7, 11) is 0. The Bertz CT molecular complexity index is 524. The number of para-hydroxylation sites is 2. The first-order chi connectivity index (χ1) is 11.2. The molecule has 0 spiro atoms. The normalized spacial score (nSPS) is 16.7. The number of carbonyl (C=O) groups excluding carboxylic acids is 1. The van der Waals surface area contributed by atoms with Crippen LogP contribution in [0.25, 0.3) is 0 Å². The Morgan fingerprint density at radius 2 is 2.09 bits per heavy atom. The molecule has 0 radical (unpaired) electrons. The van der Waals surface area contributed by atoms with Gasteiger partial charge in [-0.2, -0.15) is 0 Å². The molecule has 1 aliphatic rings. The van der Waals surface area contributed by atoms with Gasteiger partial charge in [0.05, 0.1) is 5.69 Å². The molecule has 23 heavy (non-hydrogen) atoms. The second-order valence-electron chi connectivity index (χ2n) is 5.89. The molecule has 4 nitrogen and oxygen atoms in total. The standard InChI is InChI=1S/C19H28N2O2/c1-3-21(4-2)13-14-23-18-12-8-7-11-17(18)20-19(22)15-16-9-5-6-10-16/h5,7-9,11-12,16H,3-4,6,10,13-15H2,1-2H3,(H,20,22)/t16-/m1/s1. The lowest BCUT2D eigenvalue weighted by molar-refractivity contribution is -0.116. The van der Waals surface area contributed by atoms with Gasteiger partial charge in [-0.05, 0) is 44.0 Å². The summed E-state index contributed by atoms with van der Waals surface area (Å²) < 4.78 is 5.87. The quantitative estimate of drug-likeness (QED) is 0.706. The Morgan fingerprint density at radius 3 is 2.78 bits per heavy atom.